The highest BCUT2D eigenvalue weighted by Gasteiger charge is 2.33. The first-order chi connectivity index (χ1) is 18.2. The summed E-state index contributed by atoms with van der Waals surface area (Å²) in [4.78, 5) is 27.0. The van der Waals surface area contributed by atoms with Crippen LogP contribution >= 0.6 is 22.9 Å². The molecule has 1 amide bonds. The Hall–Kier alpha value is -3.65. The number of benzene rings is 1. The number of amides is 1. The molecule has 0 bridgehead atoms. The van der Waals surface area contributed by atoms with Gasteiger partial charge < -0.3 is 20.3 Å². The predicted molar refractivity (Wildman–Crippen MR) is 151 cm³/mol. The normalized spacial score (nSPS) is 16.1. The molecule has 1 aliphatic heterocycles. The van der Waals surface area contributed by atoms with E-state index in [9.17, 15) is 10.1 Å². The number of hydrogen-bond donors (Lipinski definition) is 1. The maximum atomic E-state index is 13.1. The Morgan fingerprint density at radius 2 is 2.18 bits per heavy atom. The molecule has 1 aromatic carbocycles. The van der Waals surface area contributed by atoms with Crippen LogP contribution in [0.1, 0.15) is 23.7 Å². The van der Waals surface area contributed by atoms with Crippen LogP contribution in [-0.2, 0) is 4.79 Å². The second kappa shape index (κ2) is 10.3. The number of fused-ring (bicyclic) bond motifs is 2. The Morgan fingerprint density at radius 3 is 2.89 bits per heavy atom. The Balaban J connectivity index is 1.56. The van der Waals surface area contributed by atoms with Gasteiger partial charge in [0.25, 0.3) is 5.91 Å². The third kappa shape index (κ3) is 4.58. The number of imidazole rings is 1. The zero-order valence-electron chi connectivity index (χ0n) is 21.7. The van der Waals surface area contributed by atoms with Crippen LogP contribution in [0.25, 0.3) is 26.2 Å². The lowest BCUT2D eigenvalue weighted by Gasteiger charge is -2.16. The van der Waals surface area contributed by atoms with E-state index < -0.39 is 0 Å². The minimum Gasteiger partial charge on any atom is -0.495 e. The molecule has 5 rings (SSSR count). The van der Waals surface area contributed by atoms with Crippen LogP contribution in [0.4, 0.5) is 5.82 Å². The molecule has 11 heteroatoms. The number of nitrogens with zero attached hydrogens (tertiary/aromatic N) is 6. The van der Waals surface area contributed by atoms with Gasteiger partial charge in [-0.1, -0.05) is 17.7 Å². The molecular weight excluding hydrogens is 522 g/mol. The van der Waals surface area contributed by atoms with E-state index in [1.807, 2.05) is 36.4 Å². The van der Waals surface area contributed by atoms with Gasteiger partial charge in [0.15, 0.2) is 0 Å². The van der Waals surface area contributed by atoms with E-state index in [0.29, 0.717) is 48.2 Å². The summed E-state index contributed by atoms with van der Waals surface area (Å²) >= 11 is 8.23. The molecule has 196 valence electrons. The largest absolute Gasteiger partial charge is 0.495 e. The van der Waals surface area contributed by atoms with Crippen molar-refractivity contribution < 1.29 is 9.53 Å². The van der Waals surface area contributed by atoms with Gasteiger partial charge >= 0.3 is 0 Å². The number of hydrogen-bond acceptors (Lipinski definition) is 8. The second-order valence-corrected chi connectivity index (χ2v) is 11.1. The molecule has 9 nitrogen and oxygen atoms in total. The monoisotopic (exact) mass is 549 g/mol. The zero-order chi connectivity index (χ0) is 27.1. The molecule has 1 atom stereocenters. The highest BCUT2D eigenvalue weighted by Crippen LogP contribution is 2.43. The van der Waals surface area contributed by atoms with Crippen LogP contribution in [0.2, 0.25) is 5.15 Å². The number of aryl methyl sites for hydroxylation is 1. The van der Waals surface area contributed by atoms with Gasteiger partial charge in [-0.15, -0.1) is 11.3 Å². The average Bonchev–Trinajstić information content (AvgIpc) is 3.62. The maximum Gasteiger partial charge on any atom is 0.264 e. The summed E-state index contributed by atoms with van der Waals surface area (Å²) in [5, 5.41) is 11.0. The number of anilines is 1. The van der Waals surface area contributed by atoms with E-state index in [-0.39, 0.29) is 17.4 Å². The fourth-order valence-corrected chi connectivity index (χ4v) is 6.23. The Kier molecular flexibility index (Phi) is 7.01. The van der Waals surface area contributed by atoms with Crippen molar-refractivity contribution in [2.24, 2.45) is 0 Å². The number of nitrogens with two attached hydrogens (primary N) is 1. The summed E-state index contributed by atoms with van der Waals surface area (Å²) in [5.41, 5.74) is 8.97. The number of carbonyl (C=O) groups excluding carboxylic acids is 1. The molecular formula is C27H28ClN7O2S. The van der Waals surface area contributed by atoms with E-state index in [4.69, 9.17) is 27.1 Å². The molecule has 1 saturated heterocycles. The predicted octanol–water partition coefficient (Wildman–Crippen LogP) is 4.49. The molecule has 0 saturated carbocycles. The summed E-state index contributed by atoms with van der Waals surface area (Å²) in [5.74, 6) is 1.51. The second-order valence-electron chi connectivity index (χ2n) is 9.69. The summed E-state index contributed by atoms with van der Waals surface area (Å²) in [7, 11) is 5.45. The molecule has 2 N–H and O–H groups in total. The number of nitrogen functional groups attached to an aromatic ring is 1. The van der Waals surface area contributed by atoms with Gasteiger partial charge in [0.05, 0.1) is 22.9 Å². The first kappa shape index (κ1) is 26.0. The van der Waals surface area contributed by atoms with E-state index >= 15 is 0 Å². The van der Waals surface area contributed by atoms with E-state index in [0.717, 1.165) is 32.1 Å². The third-order valence-electron chi connectivity index (χ3n) is 6.70. The molecule has 0 spiro atoms. The number of aromatic nitrogens is 3. The van der Waals surface area contributed by atoms with Gasteiger partial charge in [-0.3, -0.25) is 9.20 Å². The molecule has 1 fully saturated rings. The summed E-state index contributed by atoms with van der Waals surface area (Å²) in [6.45, 7) is 3.50. The summed E-state index contributed by atoms with van der Waals surface area (Å²) in [6.07, 6.45) is 3.87. The van der Waals surface area contributed by atoms with Crippen molar-refractivity contribution in [3.05, 3.63) is 52.6 Å². The van der Waals surface area contributed by atoms with Gasteiger partial charge in [0.1, 0.15) is 45.4 Å². The van der Waals surface area contributed by atoms with Gasteiger partial charge in [-0.05, 0) is 56.6 Å². The Labute approximate surface area is 229 Å². The van der Waals surface area contributed by atoms with Crippen molar-refractivity contribution in [2.45, 2.75) is 19.3 Å². The summed E-state index contributed by atoms with van der Waals surface area (Å²) in [6, 6.07) is 8.26. The standard InChI is InChI=1S/C27H28ClN7O2S/c1-15-9-18-11-20(38-24(18)19(10-15)37-4)22-23-25(30)31-13-21(28)35(23)26(32-22)17-6-8-34(14-17)27(36)16(12-29)5-7-33(2)3/h5,9-11,13,17H,6-8,14H2,1-4H3,(H2,30,31)/b16-5+/t17-/m0/s1. The van der Waals surface area contributed by atoms with Crippen LogP contribution in [0.5, 0.6) is 5.75 Å². The first-order valence-electron chi connectivity index (χ1n) is 12.2. The maximum absolute atomic E-state index is 13.1. The number of nitriles is 1. The zero-order valence-corrected chi connectivity index (χ0v) is 23.2. The van der Waals surface area contributed by atoms with Crippen molar-refractivity contribution >= 4 is 50.3 Å². The van der Waals surface area contributed by atoms with Gasteiger partial charge in [-0.2, -0.15) is 5.26 Å². The third-order valence-corrected chi connectivity index (χ3v) is 8.14. The van der Waals surface area contributed by atoms with E-state index in [1.54, 1.807) is 29.4 Å². The van der Waals surface area contributed by atoms with Crippen LogP contribution in [0.3, 0.4) is 0 Å². The lowest BCUT2D eigenvalue weighted by atomic mass is 10.1. The number of likely N-dealkylation sites (tertiary alicyclic amines) is 1. The molecule has 38 heavy (non-hydrogen) atoms. The van der Waals surface area contributed by atoms with Gasteiger partial charge in [0.2, 0.25) is 0 Å². The van der Waals surface area contributed by atoms with Gasteiger partial charge in [0, 0.05) is 25.6 Å². The van der Waals surface area contributed by atoms with Crippen LogP contribution in [0, 0.1) is 18.3 Å². The Morgan fingerprint density at radius 1 is 1.39 bits per heavy atom. The van der Waals surface area contributed by atoms with Gasteiger partial charge in [-0.25, -0.2) is 9.97 Å². The van der Waals surface area contributed by atoms with Crippen molar-refractivity contribution in [1.29, 1.82) is 5.26 Å². The van der Waals surface area contributed by atoms with Crippen molar-refractivity contribution in [3.63, 3.8) is 0 Å². The quantitative estimate of drug-likeness (QED) is 0.278. The Bertz CT molecular complexity index is 1630. The molecule has 1 aliphatic rings. The van der Waals surface area contributed by atoms with Crippen LogP contribution in [0.15, 0.2) is 36.0 Å². The number of carbonyl (C=O) groups is 1. The fourth-order valence-electron chi connectivity index (χ4n) is 4.89. The number of rotatable bonds is 6. The molecule has 4 heterocycles. The molecule has 0 aliphatic carbocycles. The highest BCUT2D eigenvalue weighted by molar-refractivity contribution is 7.22. The number of ether oxygens (including phenoxy) is 1. The number of likely N-dealkylation sites (N-methyl/N-ethyl adjacent to an activating group) is 1. The number of thiophene rings is 1. The number of halogens is 1. The lowest BCUT2D eigenvalue weighted by Crippen LogP contribution is -2.30. The molecule has 4 aromatic rings. The molecule has 0 radical (unpaired) electrons. The smallest absolute Gasteiger partial charge is 0.264 e. The molecule has 3 aromatic heterocycles. The average molecular weight is 550 g/mol. The van der Waals surface area contributed by atoms with Crippen molar-refractivity contribution in [2.75, 3.05) is 46.6 Å². The first-order valence-corrected chi connectivity index (χ1v) is 13.4. The van der Waals surface area contributed by atoms with E-state index in [1.165, 1.54) is 6.20 Å². The minimum absolute atomic E-state index is 0.0838. The lowest BCUT2D eigenvalue weighted by molar-refractivity contribution is -0.125. The molecule has 0 unspecified atom stereocenters. The highest BCUT2D eigenvalue weighted by atomic mass is 35.5. The van der Waals surface area contributed by atoms with Crippen LogP contribution in [-0.4, -0.2) is 70.9 Å². The SMILES string of the molecule is COc1cc(C)cc2cc(-c3nc([C@H]4CCN(C(=O)/C(C#N)=C/CN(C)C)C4)n4c(Cl)cnc(N)c34)sc12. The van der Waals surface area contributed by atoms with Crippen molar-refractivity contribution in [1.82, 2.24) is 24.2 Å². The number of methoxy groups -OCH3 is 1. The van der Waals surface area contributed by atoms with E-state index in [2.05, 4.69) is 23.2 Å². The fraction of sp³-hybridized carbons (Fsp3) is 0.333. The summed E-state index contributed by atoms with van der Waals surface area (Å²) < 4.78 is 8.50. The topological polar surface area (TPSA) is 113 Å². The minimum atomic E-state index is -0.266. The van der Waals surface area contributed by atoms with Crippen LogP contribution < -0.4 is 10.5 Å². The van der Waals surface area contributed by atoms with Crippen molar-refractivity contribution in [3.8, 4) is 22.4 Å².